The first-order valence-corrected chi connectivity index (χ1v) is 15.8. The number of nitrogens with zero attached hydrogens (tertiary/aromatic N) is 6. The summed E-state index contributed by atoms with van der Waals surface area (Å²) in [4.78, 5) is 29.5. The molecule has 5 aromatic heterocycles. The summed E-state index contributed by atoms with van der Waals surface area (Å²) in [5.74, 6) is 0. The van der Waals surface area contributed by atoms with Gasteiger partial charge in [-0.2, -0.15) is 0 Å². The molecule has 0 atom stereocenters. The lowest BCUT2D eigenvalue weighted by Crippen LogP contribution is -1.98. The van der Waals surface area contributed by atoms with E-state index in [1.807, 2.05) is 60.7 Å². The van der Waals surface area contributed by atoms with Gasteiger partial charge in [0.05, 0.1) is 44.8 Å². The van der Waals surface area contributed by atoms with Gasteiger partial charge in [0.15, 0.2) is 0 Å². The molecule has 0 fully saturated rings. The standard InChI is InChI=1S/C42H26N6/c1-2-9-27(10-3-1)33-20-17-28-15-16-29-18-21-34(46-40(29)39(28)45-33)32-12-8-11-30(25-32)31-19-22-35-38(26-31)48-42(37-14-5-7-24-44-37)41(47-35)36-13-4-6-23-43-36/h1-26H. The zero-order chi connectivity index (χ0) is 31.9. The predicted molar refractivity (Wildman–Crippen MR) is 193 cm³/mol. The van der Waals surface area contributed by atoms with Crippen LogP contribution in [0.1, 0.15) is 0 Å². The average molecular weight is 615 g/mol. The van der Waals surface area contributed by atoms with Crippen LogP contribution < -0.4 is 0 Å². The van der Waals surface area contributed by atoms with E-state index in [9.17, 15) is 0 Å². The van der Waals surface area contributed by atoms with Gasteiger partial charge < -0.3 is 0 Å². The highest BCUT2D eigenvalue weighted by Crippen LogP contribution is 2.33. The molecule has 0 radical (unpaired) electrons. The number of hydrogen-bond donors (Lipinski definition) is 0. The third kappa shape index (κ3) is 5.02. The minimum absolute atomic E-state index is 0.698. The Morgan fingerprint density at radius 1 is 0.312 bits per heavy atom. The minimum Gasteiger partial charge on any atom is -0.255 e. The molecule has 48 heavy (non-hydrogen) atoms. The van der Waals surface area contributed by atoms with Crippen LogP contribution in [-0.4, -0.2) is 29.9 Å². The van der Waals surface area contributed by atoms with Crippen molar-refractivity contribution in [1.29, 1.82) is 0 Å². The molecule has 4 aromatic carbocycles. The Kier molecular flexibility index (Phi) is 6.68. The van der Waals surface area contributed by atoms with Gasteiger partial charge in [0.2, 0.25) is 0 Å². The Balaban J connectivity index is 1.13. The first kappa shape index (κ1) is 27.6. The Labute approximate surface area is 276 Å². The predicted octanol–water partition coefficient (Wildman–Crippen LogP) is 9.85. The molecule has 5 heterocycles. The highest BCUT2D eigenvalue weighted by Gasteiger charge is 2.16. The van der Waals surface area contributed by atoms with Crippen molar-refractivity contribution in [3.63, 3.8) is 0 Å². The SMILES string of the molecule is c1ccc(-c2ccc3ccc4ccc(-c5cccc(-c6ccc7nc(-c8ccccn8)c(-c8ccccn8)nc7c6)c5)nc4c3n2)cc1. The summed E-state index contributed by atoms with van der Waals surface area (Å²) < 4.78 is 0. The fourth-order valence-corrected chi connectivity index (χ4v) is 6.15. The van der Waals surface area contributed by atoms with Crippen LogP contribution in [0.3, 0.4) is 0 Å². The van der Waals surface area contributed by atoms with Gasteiger partial charge in [0, 0.05) is 34.3 Å². The van der Waals surface area contributed by atoms with Crippen LogP contribution in [0.2, 0.25) is 0 Å². The van der Waals surface area contributed by atoms with Gasteiger partial charge in [-0.3, -0.25) is 9.97 Å². The van der Waals surface area contributed by atoms with E-state index in [0.29, 0.717) is 11.4 Å². The summed E-state index contributed by atoms with van der Waals surface area (Å²) in [5.41, 5.74) is 12.3. The fraction of sp³-hybridized carbons (Fsp3) is 0. The third-order valence-electron chi connectivity index (χ3n) is 8.56. The largest absolute Gasteiger partial charge is 0.255 e. The Bertz CT molecular complexity index is 2610. The molecule has 6 heteroatoms. The van der Waals surface area contributed by atoms with Crippen LogP contribution in [0.5, 0.6) is 0 Å². The smallest absolute Gasteiger partial charge is 0.117 e. The van der Waals surface area contributed by atoms with Crippen molar-refractivity contribution in [3.05, 3.63) is 158 Å². The van der Waals surface area contributed by atoms with Crippen LogP contribution in [0.4, 0.5) is 0 Å². The van der Waals surface area contributed by atoms with Gasteiger partial charge in [-0.05, 0) is 65.7 Å². The summed E-state index contributed by atoms with van der Waals surface area (Å²) in [6.07, 6.45) is 3.54. The molecule has 0 unspecified atom stereocenters. The maximum atomic E-state index is 5.18. The van der Waals surface area contributed by atoms with E-state index >= 15 is 0 Å². The number of rotatable bonds is 5. The van der Waals surface area contributed by atoms with E-state index in [1.54, 1.807) is 12.4 Å². The van der Waals surface area contributed by atoms with Crippen molar-refractivity contribution >= 4 is 32.8 Å². The van der Waals surface area contributed by atoms with Gasteiger partial charge in [0.1, 0.15) is 11.4 Å². The minimum atomic E-state index is 0.698. The lowest BCUT2D eigenvalue weighted by Gasteiger charge is -2.11. The van der Waals surface area contributed by atoms with Crippen LogP contribution >= 0.6 is 0 Å². The number of hydrogen-bond acceptors (Lipinski definition) is 6. The van der Waals surface area contributed by atoms with Crippen LogP contribution in [-0.2, 0) is 0 Å². The van der Waals surface area contributed by atoms with Crippen molar-refractivity contribution in [1.82, 2.24) is 29.9 Å². The zero-order valence-electron chi connectivity index (χ0n) is 25.7. The van der Waals surface area contributed by atoms with Crippen LogP contribution in [0.15, 0.2) is 158 Å². The molecule has 9 rings (SSSR count). The average Bonchev–Trinajstić information content (AvgIpc) is 3.18. The Morgan fingerprint density at radius 2 is 0.854 bits per heavy atom. The maximum absolute atomic E-state index is 5.18. The topological polar surface area (TPSA) is 77.3 Å². The monoisotopic (exact) mass is 614 g/mol. The second kappa shape index (κ2) is 11.6. The molecule has 0 saturated heterocycles. The van der Waals surface area contributed by atoms with Gasteiger partial charge in [-0.15, -0.1) is 0 Å². The third-order valence-corrected chi connectivity index (χ3v) is 8.56. The Morgan fingerprint density at radius 3 is 1.50 bits per heavy atom. The first-order valence-electron chi connectivity index (χ1n) is 15.8. The highest BCUT2D eigenvalue weighted by atomic mass is 14.9. The summed E-state index contributed by atoms with van der Waals surface area (Å²) >= 11 is 0. The molecule has 0 aliphatic heterocycles. The van der Waals surface area contributed by atoms with Gasteiger partial charge in [-0.1, -0.05) is 91.0 Å². The lowest BCUT2D eigenvalue weighted by atomic mass is 10.00. The van der Waals surface area contributed by atoms with Crippen LogP contribution in [0, 0.1) is 0 Å². The highest BCUT2D eigenvalue weighted by molar-refractivity contribution is 6.04. The lowest BCUT2D eigenvalue weighted by molar-refractivity contribution is 1.21. The number of fused-ring (bicyclic) bond motifs is 4. The zero-order valence-corrected chi connectivity index (χ0v) is 25.7. The van der Waals surface area contributed by atoms with E-state index in [1.165, 1.54) is 0 Å². The second-order valence-electron chi connectivity index (χ2n) is 11.6. The van der Waals surface area contributed by atoms with E-state index < -0.39 is 0 Å². The van der Waals surface area contributed by atoms with E-state index in [-0.39, 0.29) is 0 Å². The van der Waals surface area contributed by atoms with Crippen molar-refractivity contribution in [2.45, 2.75) is 0 Å². The summed E-state index contributed by atoms with van der Waals surface area (Å²) in [7, 11) is 0. The van der Waals surface area contributed by atoms with E-state index in [2.05, 4.69) is 94.9 Å². The van der Waals surface area contributed by atoms with Crippen LogP contribution in [0.25, 0.3) is 89.3 Å². The molecule has 9 aromatic rings. The summed E-state index contributed by atoms with van der Waals surface area (Å²) in [5, 5.41) is 2.12. The van der Waals surface area contributed by atoms with E-state index in [0.717, 1.165) is 77.9 Å². The molecule has 0 amide bonds. The quantitative estimate of drug-likeness (QED) is 0.180. The molecular formula is C42H26N6. The van der Waals surface area contributed by atoms with Crippen molar-refractivity contribution in [2.24, 2.45) is 0 Å². The molecule has 0 N–H and O–H groups in total. The molecule has 0 aliphatic rings. The molecule has 224 valence electrons. The first-order chi connectivity index (χ1) is 23.8. The summed E-state index contributed by atoms with van der Waals surface area (Å²) in [6, 6.07) is 49.2. The van der Waals surface area contributed by atoms with Gasteiger partial charge >= 0.3 is 0 Å². The molecule has 0 bridgehead atoms. The normalized spacial score (nSPS) is 11.3. The van der Waals surface area contributed by atoms with Crippen molar-refractivity contribution in [2.75, 3.05) is 0 Å². The fourth-order valence-electron chi connectivity index (χ4n) is 6.15. The van der Waals surface area contributed by atoms with Crippen molar-refractivity contribution in [3.8, 4) is 56.4 Å². The summed E-state index contributed by atoms with van der Waals surface area (Å²) in [6.45, 7) is 0. The number of benzene rings is 4. The number of pyridine rings is 4. The molecule has 0 saturated carbocycles. The maximum Gasteiger partial charge on any atom is 0.117 e. The molecule has 0 aliphatic carbocycles. The van der Waals surface area contributed by atoms with Gasteiger partial charge in [-0.25, -0.2) is 19.9 Å². The molecule has 0 spiro atoms. The number of aromatic nitrogens is 6. The second-order valence-corrected chi connectivity index (χ2v) is 11.6. The van der Waals surface area contributed by atoms with E-state index in [4.69, 9.17) is 19.9 Å². The molecule has 6 nitrogen and oxygen atoms in total. The van der Waals surface area contributed by atoms with Gasteiger partial charge in [0.25, 0.3) is 0 Å². The van der Waals surface area contributed by atoms with Crippen molar-refractivity contribution < 1.29 is 0 Å². The molecular weight excluding hydrogens is 589 g/mol. The Hall–Kier alpha value is -6.66.